The molecule has 3 aliphatic carbocycles. The number of aliphatic hydroxyl groups is 1. The first kappa shape index (κ1) is 16.7. The van der Waals surface area contributed by atoms with Crippen molar-refractivity contribution < 1.29 is 9.90 Å². The second-order valence-corrected chi connectivity index (χ2v) is 8.53. The zero-order valence-electron chi connectivity index (χ0n) is 14.6. The fourth-order valence-electron chi connectivity index (χ4n) is 5.87. The van der Waals surface area contributed by atoms with Crippen molar-refractivity contribution >= 4 is 5.78 Å². The summed E-state index contributed by atoms with van der Waals surface area (Å²) in [5, 5.41) is 19.4. The Balaban J connectivity index is 1.97. The standard InChI is InChI=1S/C20H29NO2/c1-13(22)19(2)10-7-17-16(18(19)8-11-21)5-4-14-12-15(23)6-9-20(14,17)3/h4,15-18,23H,5-10,12H2,1-3H3/t15-,16+,17-,18?,19+,20-/m0/s1. The summed E-state index contributed by atoms with van der Waals surface area (Å²) in [5.41, 5.74) is 1.25. The van der Waals surface area contributed by atoms with Crippen LogP contribution < -0.4 is 0 Å². The molecule has 3 rings (SSSR count). The van der Waals surface area contributed by atoms with Gasteiger partial charge < -0.3 is 5.11 Å². The van der Waals surface area contributed by atoms with E-state index in [1.54, 1.807) is 6.92 Å². The predicted octanol–water partition coefficient (Wildman–Crippen LogP) is 4.02. The van der Waals surface area contributed by atoms with Gasteiger partial charge in [-0.05, 0) is 68.6 Å². The van der Waals surface area contributed by atoms with Crippen LogP contribution >= 0.6 is 0 Å². The number of hydrogen-bond donors (Lipinski definition) is 1. The number of carbonyl (C=O) groups is 1. The molecule has 3 heteroatoms. The van der Waals surface area contributed by atoms with Gasteiger partial charge in [0.05, 0.1) is 12.2 Å². The highest BCUT2D eigenvalue weighted by Gasteiger charge is 2.55. The third-order valence-corrected chi connectivity index (χ3v) is 7.58. The molecule has 0 aromatic rings. The number of aliphatic hydroxyl groups excluding tert-OH is 1. The predicted molar refractivity (Wildman–Crippen MR) is 89.4 cm³/mol. The maximum absolute atomic E-state index is 12.3. The minimum atomic E-state index is -0.340. The maximum Gasteiger partial charge on any atom is 0.136 e. The van der Waals surface area contributed by atoms with Gasteiger partial charge in [0.15, 0.2) is 0 Å². The monoisotopic (exact) mass is 315 g/mol. The number of Topliss-reactive ketones (excluding diaryl/α,β-unsaturated/α-hetero) is 1. The molecule has 3 aliphatic rings. The first-order valence-electron chi connectivity index (χ1n) is 9.08. The molecule has 1 N–H and O–H groups in total. The average molecular weight is 315 g/mol. The van der Waals surface area contributed by atoms with Gasteiger partial charge in [-0.25, -0.2) is 0 Å². The zero-order valence-corrected chi connectivity index (χ0v) is 14.6. The normalized spacial score (nSPS) is 46.1. The molecule has 0 radical (unpaired) electrons. The first-order chi connectivity index (χ1) is 10.8. The second-order valence-electron chi connectivity index (χ2n) is 8.53. The van der Waals surface area contributed by atoms with E-state index < -0.39 is 0 Å². The zero-order chi connectivity index (χ0) is 16.8. The SMILES string of the molecule is CC(=O)[C@@]1(C)CC[C@H]2[C@@H](CC=C3C[C@@H](O)CC[C@@]32C)C1CC#N. The molecule has 0 spiro atoms. The van der Waals surface area contributed by atoms with Crippen LogP contribution in [0.3, 0.4) is 0 Å². The molecule has 0 heterocycles. The van der Waals surface area contributed by atoms with Gasteiger partial charge in [-0.3, -0.25) is 4.79 Å². The largest absolute Gasteiger partial charge is 0.393 e. The van der Waals surface area contributed by atoms with Crippen LogP contribution in [0.25, 0.3) is 0 Å². The Morgan fingerprint density at radius 2 is 2.13 bits per heavy atom. The Kier molecular flexibility index (Phi) is 4.17. The van der Waals surface area contributed by atoms with Crippen LogP contribution in [0.5, 0.6) is 0 Å². The van der Waals surface area contributed by atoms with Crippen LogP contribution in [-0.4, -0.2) is 17.0 Å². The van der Waals surface area contributed by atoms with Crippen LogP contribution in [0.15, 0.2) is 11.6 Å². The quantitative estimate of drug-likeness (QED) is 0.783. The Bertz CT molecular complexity index is 575. The number of carbonyl (C=O) groups excluding carboxylic acids is 1. The summed E-state index contributed by atoms with van der Waals surface area (Å²) in [4.78, 5) is 12.3. The lowest BCUT2D eigenvalue weighted by Gasteiger charge is -2.57. The van der Waals surface area contributed by atoms with Gasteiger partial charge in [0.25, 0.3) is 0 Å². The Morgan fingerprint density at radius 1 is 1.39 bits per heavy atom. The fourth-order valence-corrected chi connectivity index (χ4v) is 5.87. The number of nitriles is 1. The minimum Gasteiger partial charge on any atom is -0.393 e. The third kappa shape index (κ3) is 2.47. The minimum absolute atomic E-state index is 0.161. The van der Waals surface area contributed by atoms with Crippen molar-refractivity contribution in [1.82, 2.24) is 0 Å². The number of ketones is 1. The van der Waals surface area contributed by atoms with Gasteiger partial charge in [0.1, 0.15) is 5.78 Å². The van der Waals surface area contributed by atoms with Crippen LogP contribution in [0.2, 0.25) is 0 Å². The lowest BCUT2D eigenvalue weighted by Crippen LogP contribution is -2.52. The van der Waals surface area contributed by atoms with Crippen molar-refractivity contribution in [2.75, 3.05) is 0 Å². The van der Waals surface area contributed by atoms with Crippen molar-refractivity contribution in [2.45, 2.75) is 71.8 Å². The lowest BCUT2D eigenvalue weighted by atomic mass is 9.46. The molecule has 6 atom stereocenters. The highest BCUT2D eigenvalue weighted by Crippen LogP contribution is 2.61. The van der Waals surface area contributed by atoms with E-state index in [1.807, 2.05) is 0 Å². The summed E-state index contributed by atoms with van der Waals surface area (Å²) in [6.45, 7) is 6.15. The first-order valence-corrected chi connectivity index (χ1v) is 9.08. The highest BCUT2D eigenvalue weighted by molar-refractivity contribution is 5.82. The second kappa shape index (κ2) is 5.74. The van der Waals surface area contributed by atoms with E-state index in [4.69, 9.17) is 0 Å². The van der Waals surface area contributed by atoms with Crippen molar-refractivity contribution in [3.05, 3.63) is 11.6 Å². The summed E-state index contributed by atoms with van der Waals surface area (Å²) >= 11 is 0. The van der Waals surface area contributed by atoms with E-state index in [0.717, 1.165) is 38.5 Å². The van der Waals surface area contributed by atoms with Crippen molar-refractivity contribution in [3.8, 4) is 6.07 Å². The van der Waals surface area contributed by atoms with Crippen molar-refractivity contribution in [1.29, 1.82) is 5.26 Å². The Labute approximate surface area is 139 Å². The summed E-state index contributed by atoms with van der Waals surface area (Å²) in [6, 6.07) is 2.36. The third-order valence-electron chi connectivity index (χ3n) is 7.58. The summed E-state index contributed by atoms with van der Waals surface area (Å²) in [7, 11) is 0. The van der Waals surface area contributed by atoms with E-state index in [-0.39, 0.29) is 28.6 Å². The number of allylic oxidation sites excluding steroid dienone is 1. The number of hydrogen-bond acceptors (Lipinski definition) is 3. The molecule has 1 unspecified atom stereocenters. The average Bonchev–Trinajstić information content (AvgIpc) is 2.50. The molecule has 0 aromatic heterocycles. The molecule has 2 saturated carbocycles. The van der Waals surface area contributed by atoms with Crippen LogP contribution in [0.1, 0.15) is 65.7 Å². The Hall–Kier alpha value is -1.14. The molecule has 126 valence electrons. The lowest BCUT2D eigenvalue weighted by molar-refractivity contribution is -0.137. The fraction of sp³-hybridized carbons (Fsp3) is 0.800. The number of rotatable bonds is 2. The van der Waals surface area contributed by atoms with Crippen molar-refractivity contribution in [3.63, 3.8) is 0 Å². The molecule has 3 nitrogen and oxygen atoms in total. The Morgan fingerprint density at radius 3 is 2.78 bits per heavy atom. The van der Waals surface area contributed by atoms with Gasteiger partial charge in [-0.2, -0.15) is 5.26 Å². The number of nitrogens with zero attached hydrogens (tertiary/aromatic N) is 1. The van der Waals surface area contributed by atoms with Gasteiger partial charge >= 0.3 is 0 Å². The van der Waals surface area contributed by atoms with Gasteiger partial charge in [0, 0.05) is 11.8 Å². The molecule has 0 bridgehead atoms. The number of fused-ring (bicyclic) bond motifs is 3. The molecule has 0 aromatic carbocycles. The molecule has 23 heavy (non-hydrogen) atoms. The van der Waals surface area contributed by atoms with E-state index in [0.29, 0.717) is 18.3 Å². The summed E-state index contributed by atoms with van der Waals surface area (Å²) < 4.78 is 0. The van der Waals surface area contributed by atoms with Gasteiger partial charge in [0.2, 0.25) is 0 Å². The van der Waals surface area contributed by atoms with Crippen LogP contribution in [0.4, 0.5) is 0 Å². The highest BCUT2D eigenvalue weighted by atomic mass is 16.3. The van der Waals surface area contributed by atoms with E-state index in [9.17, 15) is 15.2 Å². The molecular formula is C20H29NO2. The molecule has 0 aliphatic heterocycles. The van der Waals surface area contributed by atoms with Crippen LogP contribution in [-0.2, 0) is 4.79 Å². The molecule has 0 amide bonds. The van der Waals surface area contributed by atoms with E-state index >= 15 is 0 Å². The smallest absolute Gasteiger partial charge is 0.136 e. The van der Waals surface area contributed by atoms with E-state index in [2.05, 4.69) is 26.0 Å². The summed E-state index contributed by atoms with van der Waals surface area (Å²) in [6.07, 6.45) is 8.31. The van der Waals surface area contributed by atoms with E-state index in [1.165, 1.54) is 5.57 Å². The van der Waals surface area contributed by atoms with Crippen LogP contribution in [0, 0.1) is 39.9 Å². The summed E-state index contributed by atoms with van der Waals surface area (Å²) in [5.74, 6) is 1.41. The maximum atomic E-state index is 12.3. The molecular weight excluding hydrogens is 286 g/mol. The van der Waals surface area contributed by atoms with Gasteiger partial charge in [-0.1, -0.05) is 25.5 Å². The van der Waals surface area contributed by atoms with Crippen molar-refractivity contribution in [2.24, 2.45) is 28.6 Å². The van der Waals surface area contributed by atoms with Gasteiger partial charge in [-0.15, -0.1) is 0 Å². The topological polar surface area (TPSA) is 61.1 Å². The molecule has 0 saturated heterocycles. The molecule has 2 fully saturated rings.